The Morgan fingerprint density at radius 3 is 2.47 bits per heavy atom. The van der Waals surface area contributed by atoms with Crippen LogP contribution in [0, 0.1) is 13.8 Å². The molecule has 100 valence electrons. The van der Waals surface area contributed by atoms with Crippen molar-refractivity contribution in [2.75, 3.05) is 5.73 Å². The van der Waals surface area contributed by atoms with Crippen molar-refractivity contribution in [1.29, 1.82) is 0 Å². The number of hydrogen-bond acceptors (Lipinski definition) is 2. The molecular weight excluding hydrogens is 326 g/mol. The fraction of sp³-hybridized carbons (Fsp3) is 0.200. The van der Waals surface area contributed by atoms with Crippen molar-refractivity contribution < 1.29 is 4.74 Å². The first kappa shape index (κ1) is 14.2. The van der Waals surface area contributed by atoms with Gasteiger partial charge in [0.1, 0.15) is 12.4 Å². The molecule has 0 spiro atoms. The summed E-state index contributed by atoms with van der Waals surface area (Å²) in [6.07, 6.45) is 0. The summed E-state index contributed by atoms with van der Waals surface area (Å²) in [6.45, 7) is 4.41. The molecule has 19 heavy (non-hydrogen) atoms. The Morgan fingerprint density at radius 1 is 1.21 bits per heavy atom. The van der Waals surface area contributed by atoms with Crippen molar-refractivity contribution in [3.05, 3.63) is 56.5 Å². The second-order valence-electron chi connectivity index (χ2n) is 4.48. The summed E-state index contributed by atoms with van der Waals surface area (Å²) in [5.41, 5.74) is 9.60. The van der Waals surface area contributed by atoms with Crippen molar-refractivity contribution in [2.24, 2.45) is 0 Å². The van der Waals surface area contributed by atoms with Gasteiger partial charge in [-0.05, 0) is 59.1 Å². The van der Waals surface area contributed by atoms with E-state index >= 15 is 0 Å². The zero-order valence-corrected chi connectivity index (χ0v) is 13.2. The van der Waals surface area contributed by atoms with Gasteiger partial charge in [0.15, 0.2) is 0 Å². The molecule has 0 unspecified atom stereocenters. The van der Waals surface area contributed by atoms with Crippen molar-refractivity contribution >= 4 is 33.2 Å². The fourth-order valence-electron chi connectivity index (χ4n) is 1.86. The first-order chi connectivity index (χ1) is 8.99. The van der Waals surface area contributed by atoms with Crippen LogP contribution in [0.3, 0.4) is 0 Å². The van der Waals surface area contributed by atoms with Gasteiger partial charge in [-0.15, -0.1) is 0 Å². The lowest BCUT2D eigenvalue weighted by atomic mass is 10.1. The number of benzene rings is 2. The highest BCUT2D eigenvalue weighted by Gasteiger charge is 2.06. The smallest absolute Gasteiger partial charge is 0.120 e. The van der Waals surface area contributed by atoms with E-state index in [-0.39, 0.29) is 0 Å². The number of halogens is 2. The summed E-state index contributed by atoms with van der Waals surface area (Å²) in [6, 6.07) is 9.63. The molecule has 0 saturated carbocycles. The minimum Gasteiger partial charge on any atom is -0.489 e. The van der Waals surface area contributed by atoms with Gasteiger partial charge in [0.2, 0.25) is 0 Å². The third kappa shape index (κ3) is 3.23. The Balaban J connectivity index is 2.17. The molecule has 0 saturated heterocycles. The molecule has 0 atom stereocenters. The first-order valence-electron chi connectivity index (χ1n) is 5.91. The van der Waals surface area contributed by atoms with E-state index in [1.165, 1.54) is 0 Å². The first-order valence-corrected chi connectivity index (χ1v) is 7.08. The molecule has 0 amide bonds. The van der Waals surface area contributed by atoms with E-state index < -0.39 is 0 Å². The van der Waals surface area contributed by atoms with Gasteiger partial charge >= 0.3 is 0 Å². The van der Waals surface area contributed by atoms with Crippen LogP contribution in [0.2, 0.25) is 5.02 Å². The maximum atomic E-state index is 6.13. The van der Waals surface area contributed by atoms with Crippen LogP contribution in [0.15, 0.2) is 34.8 Å². The topological polar surface area (TPSA) is 35.2 Å². The molecule has 0 fully saturated rings. The molecule has 4 heteroatoms. The van der Waals surface area contributed by atoms with Gasteiger partial charge < -0.3 is 10.5 Å². The predicted molar refractivity (Wildman–Crippen MR) is 83.8 cm³/mol. The zero-order valence-electron chi connectivity index (χ0n) is 10.8. The van der Waals surface area contributed by atoms with Crippen LogP contribution in [0.4, 0.5) is 5.69 Å². The zero-order chi connectivity index (χ0) is 14.0. The van der Waals surface area contributed by atoms with Crippen LogP contribution in [-0.4, -0.2) is 0 Å². The number of rotatable bonds is 3. The Hall–Kier alpha value is -1.19. The highest BCUT2D eigenvalue weighted by Crippen LogP contribution is 2.28. The van der Waals surface area contributed by atoms with Crippen LogP contribution < -0.4 is 10.5 Å². The van der Waals surface area contributed by atoms with E-state index in [0.717, 1.165) is 31.9 Å². The molecule has 2 aromatic rings. The van der Waals surface area contributed by atoms with Crippen molar-refractivity contribution in [1.82, 2.24) is 0 Å². The fourth-order valence-corrected chi connectivity index (χ4v) is 2.35. The van der Waals surface area contributed by atoms with Gasteiger partial charge in [-0.1, -0.05) is 23.7 Å². The van der Waals surface area contributed by atoms with Gasteiger partial charge in [-0.2, -0.15) is 0 Å². The third-order valence-corrected chi connectivity index (χ3v) is 4.48. The van der Waals surface area contributed by atoms with Crippen molar-refractivity contribution in [3.8, 4) is 5.75 Å². The monoisotopic (exact) mass is 339 g/mol. The Labute approximate surface area is 126 Å². The largest absolute Gasteiger partial charge is 0.489 e. The van der Waals surface area contributed by atoms with Gasteiger partial charge in [0.25, 0.3) is 0 Å². The van der Waals surface area contributed by atoms with Crippen LogP contribution in [0.25, 0.3) is 0 Å². The Kier molecular flexibility index (Phi) is 4.38. The van der Waals surface area contributed by atoms with E-state index in [1.54, 1.807) is 0 Å². The number of nitrogens with two attached hydrogens (primary N) is 1. The predicted octanol–water partition coefficient (Wildman–Crippen LogP) is 4.88. The lowest BCUT2D eigenvalue weighted by molar-refractivity contribution is 0.305. The normalized spacial score (nSPS) is 10.5. The van der Waals surface area contributed by atoms with Crippen LogP contribution >= 0.6 is 27.5 Å². The lowest BCUT2D eigenvalue weighted by Gasteiger charge is -2.11. The summed E-state index contributed by atoms with van der Waals surface area (Å²) >= 11 is 9.60. The van der Waals surface area contributed by atoms with Crippen molar-refractivity contribution in [2.45, 2.75) is 20.5 Å². The maximum Gasteiger partial charge on any atom is 0.120 e. The number of anilines is 1. The molecule has 0 aliphatic rings. The van der Waals surface area contributed by atoms with Crippen LogP contribution in [0.5, 0.6) is 5.75 Å². The summed E-state index contributed by atoms with van der Waals surface area (Å²) < 4.78 is 6.69. The number of hydrogen-bond donors (Lipinski definition) is 1. The van der Waals surface area contributed by atoms with E-state index in [2.05, 4.69) is 15.9 Å². The van der Waals surface area contributed by atoms with Gasteiger partial charge in [0.05, 0.1) is 0 Å². The number of ether oxygens (including phenoxy) is 1. The molecule has 0 bridgehead atoms. The molecule has 2 rings (SSSR count). The molecule has 0 aliphatic carbocycles. The molecule has 2 nitrogen and oxygen atoms in total. The van der Waals surface area contributed by atoms with Crippen LogP contribution in [-0.2, 0) is 6.61 Å². The lowest BCUT2D eigenvalue weighted by Crippen LogP contribution is -1.99. The van der Waals surface area contributed by atoms with Gasteiger partial charge in [-0.25, -0.2) is 0 Å². The van der Waals surface area contributed by atoms with Gasteiger partial charge in [0, 0.05) is 20.7 Å². The minimum absolute atomic E-state index is 0.464. The molecule has 0 heterocycles. The van der Waals surface area contributed by atoms with Crippen LogP contribution in [0.1, 0.15) is 16.7 Å². The summed E-state index contributed by atoms with van der Waals surface area (Å²) in [7, 11) is 0. The highest BCUT2D eigenvalue weighted by molar-refractivity contribution is 9.10. The number of nitrogen functional groups attached to an aromatic ring is 1. The molecule has 2 N–H and O–H groups in total. The summed E-state index contributed by atoms with van der Waals surface area (Å²) in [4.78, 5) is 0. The average Bonchev–Trinajstić information content (AvgIpc) is 2.37. The SMILES string of the molecule is Cc1cc(OCc2cccc(N)c2Br)cc(C)c1Cl. The molecular formula is C15H15BrClNO. The minimum atomic E-state index is 0.464. The summed E-state index contributed by atoms with van der Waals surface area (Å²) in [5, 5.41) is 0.789. The molecule has 0 radical (unpaired) electrons. The Bertz CT molecular complexity index is 590. The highest BCUT2D eigenvalue weighted by atomic mass is 79.9. The van der Waals surface area contributed by atoms with E-state index in [1.807, 2.05) is 44.2 Å². The van der Waals surface area contributed by atoms with Gasteiger partial charge in [-0.3, -0.25) is 0 Å². The number of aryl methyl sites for hydroxylation is 2. The standard InChI is InChI=1S/C15H15BrClNO/c1-9-6-12(7-10(2)15(9)17)19-8-11-4-3-5-13(18)14(11)16/h3-7H,8,18H2,1-2H3. The van der Waals surface area contributed by atoms with E-state index in [4.69, 9.17) is 22.1 Å². The molecule has 2 aromatic carbocycles. The second kappa shape index (κ2) is 5.85. The maximum absolute atomic E-state index is 6.13. The van der Waals surface area contributed by atoms with Crippen molar-refractivity contribution in [3.63, 3.8) is 0 Å². The second-order valence-corrected chi connectivity index (χ2v) is 5.65. The van der Waals surface area contributed by atoms with E-state index in [9.17, 15) is 0 Å². The Morgan fingerprint density at radius 2 is 1.84 bits per heavy atom. The summed E-state index contributed by atoms with van der Waals surface area (Å²) in [5.74, 6) is 0.814. The third-order valence-electron chi connectivity index (χ3n) is 2.91. The average molecular weight is 341 g/mol. The molecule has 0 aromatic heterocycles. The quantitative estimate of drug-likeness (QED) is 0.808. The molecule has 0 aliphatic heterocycles. The van der Waals surface area contributed by atoms with E-state index in [0.29, 0.717) is 12.3 Å².